The second kappa shape index (κ2) is 7.74. The lowest BCUT2D eigenvalue weighted by atomic mass is 10.2. The summed E-state index contributed by atoms with van der Waals surface area (Å²) >= 11 is 1.58. The van der Waals surface area contributed by atoms with Gasteiger partial charge in [-0.3, -0.25) is 4.79 Å². The van der Waals surface area contributed by atoms with Crippen LogP contribution in [-0.2, 0) is 16.1 Å². The smallest absolute Gasteiger partial charge is 0.309 e. The van der Waals surface area contributed by atoms with Crippen LogP contribution in [0.15, 0.2) is 59.5 Å². The number of hydrogen-bond acceptors (Lipinski definition) is 4. The molecule has 21 heavy (non-hydrogen) atoms. The number of para-hydroxylation sites is 1. The van der Waals surface area contributed by atoms with Crippen LogP contribution in [0.2, 0.25) is 0 Å². The summed E-state index contributed by atoms with van der Waals surface area (Å²) in [4.78, 5) is 13.0. The number of anilines is 1. The molecule has 0 saturated heterocycles. The van der Waals surface area contributed by atoms with E-state index in [4.69, 9.17) is 10.5 Å². The summed E-state index contributed by atoms with van der Waals surface area (Å²) in [5, 5.41) is 0. The van der Waals surface area contributed by atoms with Gasteiger partial charge < -0.3 is 10.5 Å². The molecule has 0 amide bonds. The average Bonchev–Trinajstić information content (AvgIpc) is 2.52. The van der Waals surface area contributed by atoms with E-state index in [-0.39, 0.29) is 11.9 Å². The first-order chi connectivity index (χ1) is 10.2. The molecule has 0 saturated carbocycles. The molecule has 2 aromatic carbocycles. The van der Waals surface area contributed by atoms with Crippen molar-refractivity contribution in [3.63, 3.8) is 0 Å². The molecule has 2 rings (SSSR count). The number of rotatable bonds is 6. The van der Waals surface area contributed by atoms with Gasteiger partial charge in [0.25, 0.3) is 0 Å². The molecule has 110 valence electrons. The Morgan fingerprint density at radius 2 is 1.81 bits per heavy atom. The van der Waals surface area contributed by atoms with E-state index in [9.17, 15) is 4.79 Å². The number of esters is 1. The highest BCUT2D eigenvalue weighted by atomic mass is 32.2. The van der Waals surface area contributed by atoms with E-state index in [2.05, 4.69) is 0 Å². The lowest BCUT2D eigenvalue weighted by Crippen LogP contribution is -2.16. The van der Waals surface area contributed by atoms with Crippen LogP contribution in [0.4, 0.5) is 5.69 Å². The Bertz CT molecular complexity index is 586. The highest BCUT2D eigenvalue weighted by Gasteiger charge is 2.15. The average molecular weight is 301 g/mol. The van der Waals surface area contributed by atoms with Crippen LogP contribution in [0.1, 0.15) is 12.5 Å². The Morgan fingerprint density at radius 3 is 2.52 bits per heavy atom. The molecule has 2 aromatic rings. The highest BCUT2D eigenvalue weighted by molar-refractivity contribution is 7.99. The number of benzene rings is 2. The number of ether oxygens (including phenoxy) is 1. The van der Waals surface area contributed by atoms with E-state index in [0.29, 0.717) is 12.4 Å². The van der Waals surface area contributed by atoms with Gasteiger partial charge in [0.1, 0.15) is 6.61 Å². The van der Waals surface area contributed by atoms with Crippen molar-refractivity contribution in [3.8, 4) is 0 Å². The minimum atomic E-state index is -0.180. The van der Waals surface area contributed by atoms with E-state index in [1.54, 1.807) is 11.8 Å². The molecule has 0 bridgehead atoms. The summed E-state index contributed by atoms with van der Waals surface area (Å²) in [6.45, 7) is 2.20. The molecule has 3 nitrogen and oxygen atoms in total. The Morgan fingerprint density at radius 1 is 1.14 bits per heavy atom. The number of nitrogens with two attached hydrogens (primary N) is 1. The van der Waals surface area contributed by atoms with Gasteiger partial charge in [0.05, 0.1) is 5.92 Å². The van der Waals surface area contributed by atoms with Crippen LogP contribution in [-0.4, -0.2) is 11.7 Å². The number of thioether (sulfide) groups is 1. The molecule has 1 atom stereocenters. The van der Waals surface area contributed by atoms with Crippen molar-refractivity contribution >= 4 is 23.4 Å². The van der Waals surface area contributed by atoms with Gasteiger partial charge in [-0.05, 0) is 17.7 Å². The minimum absolute atomic E-state index is 0.168. The Kier molecular flexibility index (Phi) is 5.69. The third kappa shape index (κ3) is 4.83. The second-order valence-electron chi connectivity index (χ2n) is 4.84. The van der Waals surface area contributed by atoms with Crippen molar-refractivity contribution in [2.45, 2.75) is 18.4 Å². The highest BCUT2D eigenvalue weighted by Crippen LogP contribution is 2.26. The molecular weight excluding hydrogens is 282 g/mol. The zero-order chi connectivity index (χ0) is 15.1. The summed E-state index contributed by atoms with van der Waals surface area (Å²) in [6, 6.07) is 17.3. The van der Waals surface area contributed by atoms with Crippen molar-refractivity contribution in [1.82, 2.24) is 0 Å². The fraction of sp³-hybridized carbons (Fsp3) is 0.235. The molecule has 2 N–H and O–H groups in total. The predicted octanol–water partition coefficient (Wildman–Crippen LogP) is 3.74. The summed E-state index contributed by atoms with van der Waals surface area (Å²) in [7, 11) is 0. The molecular formula is C17H19NO2S. The lowest BCUT2D eigenvalue weighted by Gasteiger charge is -2.12. The third-order valence-corrected chi connectivity index (χ3v) is 4.38. The first kappa shape index (κ1) is 15.4. The van der Waals surface area contributed by atoms with Gasteiger partial charge in [0.15, 0.2) is 0 Å². The maximum absolute atomic E-state index is 12.0. The summed E-state index contributed by atoms with van der Waals surface area (Å²) in [5.41, 5.74) is 7.62. The van der Waals surface area contributed by atoms with Gasteiger partial charge in [0, 0.05) is 16.3 Å². The fourth-order valence-corrected chi connectivity index (χ4v) is 2.74. The van der Waals surface area contributed by atoms with Crippen molar-refractivity contribution in [1.29, 1.82) is 0 Å². The molecule has 0 aliphatic rings. The molecule has 0 aromatic heterocycles. The van der Waals surface area contributed by atoms with E-state index < -0.39 is 0 Å². The van der Waals surface area contributed by atoms with E-state index in [1.807, 2.05) is 61.5 Å². The SMILES string of the molecule is CC(CSc1ccccc1N)C(=O)OCc1ccccc1. The maximum atomic E-state index is 12.0. The summed E-state index contributed by atoms with van der Waals surface area (Å²) in [6.07, 6.45) is 0. The van der Waals surface area contributed by atoms with Crippen LogP contribution in [0, 0.1) is 5.92 Å². The molecule has 0 aliphatic carbocycles. The lowest BCUT2D eigenvalue weighted by molar-refractivity contribution is -0.148. The molecule has 0 aliphatic heterocycles. The minimum Gasteiger partial charge on any atom is -0.461 e. The molecule has 4 heteroatoms. The quantitative estimate of drug-likeness (QED) is 0.501. The summed E-state index contributed by atoms with van der Waals surface area (Å²) < 4.78 is 5.33. The van der Waals surface area contributed by atoms with E-state index in [1.165, 1.54) is 0 Å². The van der Waals surface area contributed by atoms with Crippen molar-refractivity contribution < 1.29 is 9.53 Å². The number of carbonyl (C=O) groups excluding carboxylic acids is 1. The normalized spacial score (nSPS) is 11.9. The number of hydrogen-bond donors (Lipinski definition) is 1. The fourth-order valence-electron chi connectivity index (χ4n) is 1.77. The van der Waals surface area contributed by atoms with Crippen LogP contribution in [0.5, 0.6) is 0 Å². The standard InChI is InChI=1S/C17H19NO2S/c1-13(12-21-16-10-6-5-9-15(16)18)17(19)20-11-14-7-3-2-4-8-14/h2-10,13H,11-12,18H2,1H3. The third-order valence-electron chi connectivity index (χ3n) is 3.03. The number of carbonyl (C=O) groups is 1. The van der Waals surface area contributed by atoms with E-state index >= 15 is 0 Å². The largest absolute Gasteiger partial charge is 0.461 e. The van der Waals surface area contributed by atoms with Gasteiger partial charge >= 0.3 is 5.97 Å². The zero-order valence-corrected chi connectivity index (χ0v) is 12.8. The van der Waals surface area contributed by atoms with Crippen molar-refractivity contribution in [2.75, 3.05) is 11.5 Å². The summed E-state index contributed by atoms with van der Waals surface area (Å²) in [5.74, 6) is 0.307. The first-order valence-corrected chi connectivity index (χ1v) is 7.83. The van der Waals surface area contributed by atoms with Gasteiger partial charge in [-0.25, -0.2) is 0 Å². The molecule has 0 fully saturated rings. The predicted molar refractivity (Wildman–Crippen MR) is 87.0 cm³/mol. The van der Waals surface area contributed by atoms with Gasteiger partial charge in [-0.1, -0.05) is 49.4 Å². The molecule has 0 spiro atoms. The van der Waals surface area contributed by atoms with Crippen molar-refractivity contribution in [2.24, 2.45) is 5.92 Å². The van der Waals surface area contributed by atoms with Crippen LogP contribution < -0.4 is 5.73 Å². The molecule has 1 unspecified atom stereocenters. The topological polar surface area (TPSA) is 52.3 Å². The molecule has 0 heterocycles. The second-order valence-corrected chi connectivity index (χ2v) is 5.91. The maximum Gasteiger partial charge on any atom is 0.309 e. The van der Waals surface area contributed by atoms with Crippen LogP contribution in [0.25, 0.3) is 0 Å². The van der Waals surface area contributed by atoms with Gasteiger partial charge in [-0.15, -0.1) is 11.8 Å². The van der Waals surface area contributed by atoms with Crippen LogP contribution >= 0.6 is 11.8 Å². The monoisotopic (exact) mass is 301 g/mol. The zero-order valence-electron chi connectivity index (χ0n) is 12.0. The van der Waals surface area contributed by atoms with Gasteiger partial charge in [-0.2, -0.15) is 0 Å². The van der Waals surface area contributed by atoms with Gasteiger partial charge in [0.2, 0.25) is 0 Å². The Hall–Kier alpha value is -1.94. The Balaban J connectivity index is 1.79. The Labute approximate surface area is 129 Å². The van der Waals surface area contributed by atoms with E-state index in [0.717, 1.165) is 16.1 Å². The van der Waals surface area contributed by atoms with Crippen molar-refractivity contribution in [3.05, 3.63) is 60.2 Å². The number of nitrogen functional groups attached to an aromatic ring is 1. The van der Waals surface area contributed by atoms with Crippen LogP contribution in [0.3, 0.4) is 0 Å². The first-order valence-electron chi connectivity index (χ1n) is 6.84. The molecule has 0 radical (unpaired) electrons.